The summed E-state index contributed by atoms with van der Waals surface area (Å²) < 4.78 is 0. The average Bonchev–Trinajstić information content (AvgIpc) is 2.29. The van der Waals surface area contributed by atoms with Gasteiger partial charge < -0.3 is 0 Å². The van der Waals surface area contributed by atoms with Crippen molar-refractivity contribution in [2.75, 3.05) is 0 Å². The van der Waals surface area contributed by atoms with Crippen LogP contribution in [0.25, 0.3) is 0 Å². The van der Waals surface area contributed by atoms with Crippen LogP contribution < -0.4 is 0 Å². The van der Waals surface area contributed by atoms with Crippen molar-refractivity contribution in [3.05, 3.63) is 35.9 Å². The maximum absolute atomic E-state index is 2.37. The Kier molecular flexibility index (Phi) is 5.45. The molecule has 0 fully saturated rings. The highest BCUT2D eigenvalue weighted by molar-refractivity contribution is 5.15. The molecule has 0 saturated carbocycles. The first-order valence-electron chi connectivity index (χ1n) is 6.30. The molecule has 0 heteroatoms. The zero-order valence-corrected chi connectivity index (χ0v) is 10.4. The van der Waals surface area contributed by atoms with Crippen LogP contribution in [0.5, 0.6) is 0 Å². The van der Waals surface area contributed by atoms with Gasteiger partial charge in [0.1, 0.15) is 0 Å². The van der Waals surface area contributed by atoms with Gasteiger partial charge in [-0.15, -0.1) is 0 Å². The van der Waals surface area contributed by atoms with Gasteiger partial charge in [-0.25, -0.2) is 0 Å². The summed E-state index contributed by atoms with van der Waals surface area (Å²) in [5, 5.41) is 0. The molecule has 2 atom stereocenters. The van der Waals surface area contributed by atoms with Crippen molar-refractivity contribution < 1.29 is 0 Å². The molecule has 0 aromatic heterocycles. The van der Waals surface area contributed by atoms with E-state index in [1.165, 1.54) is 31.2 Å². The molecule has 2 unspecified atom stereocenters. The highest BCUT2D eigenvalue weighted by atomic mass is 14.2. The van der Waals surface area contributed by atoms with Crippen LogP contribution in [0.1, 0.15) is 45.6 Å². The third-order valence-electron chi connectivity index (χ3n) is 3.38. The molecule has 1 rings (SSSR count). The summed E-state index contributed by atoms with van der Waals surface area (Å²) in [6.07, 6.45) is 5.24. The van der Waals surface area contributed by atoms with Gasteiger partial charge in [-0.3, -0.25) is 0 Å². The summed E-state index contributed by atoms with van der Waals surface area (Å²) in [5.74, 6) is 1.74. The van der Waals surface area contributed by atoms with E-state index in [4.69, 9.17) is 0 Å². The summed E-state index contributed by atoms with van der Waals surface area (Å²) in [7, 11) is 0. The number of hydrogen-bond acceptors (Lipinski definition) is 0. The monoisotopic (exact) mass is 204 g/mol. The first-order chi connectivity index (χ1) is 7.26. The van der Waals surface area contributed by atoms with Crippen molar-refractivity contribution in [2.45, 2.75) is 46.5 Å². The van der Waals surface area contributed by atoms with Crippen molar-refractivity contribution in [3.8, 4) is 0 Å². The summed E-state index contributed by atoms with van der Waals surface area (Å²) in [5.41, 5.74) is 1.49. The van der Waals surface area contributed by atoms with E-state index >= 15 is 0 Å². The second-order valence-corrected chi connectivity index (χ2v) is 4.71. The van der Waals surface area contributed by atoms with Crippen molar-refractivity contribution >= 4 is 0 Å². The maximum atomic E-state index is 2.37. The SMILES string of the molecule is CCC(C)CC(CC)Cc1ccccc1. The molecule has 15 heavy (non-hydrogen) atoms. The third-order valence-corrected chi connectivity index (χ3v) is 3.38. The maximum Gasteiger partial charge on any atom is -0.0250 e. The lowest BCUT2D eigenvalue weighted by atomic mass is 9.87. The predicted octanol–water partition coefficient (Wildman–Crippen LogP) is 4.69. The van der Waals surface area contributed by atoms with Crippen LogP contribution >= 0.6 is 0 Å². The highest BCUT2D eigenvalue weighted by Crippen LogP contribution is 2.21. The lowest BCUT2D eigenvalue weighted by molar-refractivity contribution is 0.371. The van der Waals surface area contributed by atoms with Crippen LogP contribution in [-0.2, 0) is 6.42 Å². The zero-order valence-electron chi connectivity index (χ0n) is 10.4. The van der Waals surface area contributed by atoms with Crippen LogP contribution in [0.4, 0.5) is 0 Å². The lowest BCUT2D eigenvalue weighted by Crippen LogP contribution is -2.08. The van der Waals surface area contributed by atoms with Gasteiger partial charge in [0.15, 0.2) is 0 Å². The van der Waals surface area contributed by atoms with Gasteiger partial charge in [-0.05, 0) is 30.2 Å². The molecule has 0 radical (unpaired) electrons. The number of benzene rings is 1. The van der Waals surface area contributed by atoms with Gasteiger partial charge in [-0.2, -0.15) is 0 Å². The minimum Gasteiger partial charge on any atom is -0.0651 e. The van der Waals surface area contributed by atoms with Gasteiger partial charge in [-0.1, -0.05) is 63.9 Å². The van der Waals surface area contributed by atoms with Crippen molar-refractivity contribution in [3.63, 3.8) is 0 Å². The van der Waals surface area contributed by atoms with Crippen molar-refractivity contribution in [1.82, 2.24) is 0 Å². The molecule has 0 aliphatic carbocycles. The topological polar surface area (TPSA) is 0 Å². The molecule has 0 heterocycles. The molecule has 1 aromatic carbocycles. The molecule has 0 spiro atoms. The van der Waals surface area contributed by atoms with Crippen LogP contribution in [0.3, 0.4) is 0 Å². The molecule has 0 N–H and O–H groups in total. The van der Waals surface area contributed by atoms with E-state index in [2.05, 4.69) is 51.1 Å². The van der Waals surface area contributed by atoms with Gasteiger partial charge in [0, 0.05) is 0 Å². The Morgan fingerprint density at radius 3 is 2.20 bits per heavy atom. The van der Waals surface area contributed by atoms with E-state index in [-0.39, 0.29) is 0 Å². The van der Waals surface area contributed by atoms with E-state index in [9.17, 15) is 0 Å². The van der Waals surface area contributed by atoms with Crippen LogP contribution in [0.2, 0.25) is 0 Å². The van der Waals surface area contributed by atoms with E-state index in [0.717, 1.165) is 11.8 Å². The number of hydrogen-bond donors (Lipinski definition) is 0. The average molecular weight is 204 g/mol. The molecule has 0 bridgehead atoms. The molecule has 0 aliphatic rings. The fourth-order valence-electron chi connectivity index (χ4n) is 2.08. The quantitative estimate of drug-likeness (QED) is 0.630. The van der Waals surface area contributed by atoms with Gasteiger partial charge in [0.25, 0.3) is 0 Å². The van der Waals surface area contributed by atoms with Crippen molar-refractivity contribution in [1.29, 1.82) is 0 Å². The third kappa shape index (κ3) is 4.51. The predicted molar refractivity (Wildman–Crippen MR) is 68.0 cm³/mol. The lowest BCUT2D eigenvalue weighted by Gasteiger charge is -2.18. The van der Waals surface area contributed by atoms with E-state index in [1.807, 2.05) is 0 Å². The largest absolute Gasteiger partial charge is 0.0651 e. The highest BCUT2D eigenvalue weighted by Gasteiger charge is 2.10. The molecule has 0 nitrogen and oxygen atoms in total. The standard InChI is InChI=1S/C15H24/c1-4-13(3)11-14(5-2)12-15-9-7-6-8-10-15/h6-10,13-14H,4-5,11-12H2,1-3H3. The Labute approximate surface area is 94.7 Å². The minimum atomic E-state index is 0.863. The summed E-state index contributed by atoms with van der Waals surface area (Å²) in [4.78, 5) is 0. The molecule has 84 valence electrons. The molecule has 0 aliphatic heterocycles. The first-order valence-corrected chi connectivity index (χ1v) is 6.30. The summed E-state index contributed by atoms with van der Waals surface area (Å²) in [6, 6.07) is 10.9. The fourth-order valence-corrected chi connectivity index (χ4v) is 2.08. The Balaban J connectivity index is 2.47. The zero-order chi connectivity index (χ0) is 11.1. The Morgan fingerprint density at radius 1 is 1.00 bits per heavy atom. The second-order valence-electron chi connectivity index (χ2n) is 4.71. The normalized spacial score (nSPS) is 14.9. The van der Waals surface area contributed by atoms with Crippen LogP contribution in [0, 0.1) is 11.8 Å². The second kappa shape index (κ2) is 6.66. The fraction of sp³-hybridized carbons (Fsp3) is 0.600. The Hall–Kier alpha value is -0.780. The van der Waals surface area contributed by atoms with Crippen LogP contribution in [0.15, 0.2) is 30.3 Å². The minimum absolute atomic E-state index is 0.863. The molecule has 1 aromatic rings. The molecular formula is C15H24. The van der Waals surface area contributed by atoms with Gasteiger partial charge in [0.2, 0.25) is 0 Å². The Morgan fingerprint density at radius 2 is 1.67 bits per heavy atom. The molecular weight excluding hydrogens is 180 g/mol. The van der Waals surface area contributed by atoms with Crippen LogP contribution in [-0.4, -0.2) is 0 Å². The summed E-state index contributed by atoms with van der Waals surface area (Å²) in [6.45, 7) is 6.98. The first kappa shape index (κ1) is 12.3. The Bertz CT molecular complexity index is 250. The van der Waals surface area contributed by atoms with E-state index < -0.39 is 0 Å². The van der Waals surface area contributed by atoms with Gasteiger partial charge in [0.05, 0.1) is 0 Å². The summed E-state index contributed by atoms with van der Waals surface area (Å²) >= 11 is 0. The van der Waals surface area contributed by atoms with Gasteiger partial charge >= 0.3 is 0 Å². The van der Waals surface area contributed by atoms with E-state index in [1.54, 1.807) is 0 Å². The molecule has 0 amide bonds. The molecule has 0 saturated heterocycles. The smallest absolute Gasteiger partial charge is 0.0250 e. The number of rotatable bonds is 6. The van der Waals surface area contributed by atoms with E-state index in [0.29, 0.717) is 0 Å². The van der Waals surface area contributed by atoms with Crippen molar-refractivity contribution in [2.24, 2.45) is 11.8 Å².